The van der Waals surface area contributed by atoms with Crippen molar-refractivity contribution >= 4 is 23.3 Å². The number of carboxylic acid groups (broad SMARTS) is 1. The summed E-state index contributed by atoms with van der Waals surface area (Å²) in [6.45, 7) is 2.47. The third kappa shape index (κ3) is 3.99. The number of nitrogens with zero attached hydrogens (tertiary/aromatic N) is 1. The van der Waals surface area contributed by atoms with Gasteiger partial charge in [-0.2, -0.15) is 0 Å². The zero-order valence-electron chi connectivity index (χ0n) is 11.9. The Hall–Kier alpha value is -2.00. The van der Waals surface area contributed by atoms with E-state index in [4.69, 9.17) is 16.7 Å². The van der Waals surface area contributed by atoms with E-state index in [0.717, 1.165) is 11.3 Å². The second-order valence-electron chi connectivity index (χ2n) is 4.87. The maximum Gasteiger partial charge on any atom is 0.305 e. The lowest BCUT2D eigenvalue weighted by atomic mass is 10.1. The summed E-state index contributed by atoms with van der Waals surface area (Å²) in [7, 11) is 0. The third-order valence-corrected chi connectivity index (χ3v) is 3.82. The minimum Gasteiger partial charge on any atom is -0.481 e. The molecule has 0 aliphatic carbocycles. The van der Waals surface area contributed by atoms with Crippen molar-refractivity contribution < 1.29 is 9.90 Å². The average molecular weight is 304 g/mol. The Balaban J connectivity index is 2.30. The van der Waals surface area contributed by atoms with Gasteiger partial charge in [-0.3, -0.25) is 4.79 Å². The van der Waals surface area contributed by atoms with E-state index in [1.165, 1.54) is 0 Å². The topological polar surface area (TPSA) is 40.5 Å². The highest BCUT2D eigenvalue weighted by Gasteiger charge is 2.19. The zero-order valence-corrected chi connectivity index (χ0v) is 12.6. The summed E-state index contributed by atoms with van der Waals surface area (Å²) in [6.07, 6.45) is 0.0870. The molecule has 0 saturated carbocycles. The van der Waals surface area contributed by atoms with Crippen LogP contribution in [-0.4, -0.2) is 17.6 Å². The normalized spacial score (nSPS) is 11.9. The highest BCUT2D eigenvalue weighted by Crippen LogP contribution is 2.31. The monoisotopic (exact) mass is 303 g/mol. The Morgan fingerprint density at radius 3 is 2.38 bits per heavy atom. The lowest BCUT2D eigenvalue weighted by molar-refractivity contribution is -0.136. The lowest BCUT2D eigenvalue weighted by Gasteiger charge is -2.32. The molecule has 0 amide bonds. The number of anilines is 1. The average Bonchev–Trinajstić information content (AvgIpc) is 2.48. The molecule has 1 atom stereocenters. The highest BCUT2D eigenvalue weighted by molar-refractivity contribution is 6.31. The highest BCUT2D eigenvalue weighted by atomic mass is 35.5. The molecule has 0 spiro atoms. The number of carbonyl (C=O) groups is 1. The molecule has 3 nitrogen and oxygen atoms in total. The Labute approximate surface area is 129 Å². The van der Waals surface area contributed by atoms with Gasteiger partial charge in [-0.25, -0.2) is 0 Å². The third-order valence-electron chi connectivity index (χ3n) is 3.48. The molecule has 0 bridgehead atoms. The molecule has 1 N–H and O–H groups in total. The molecule has 1 unspecified atom stereocenters. The number of hydrogen-bond donors (Lipinski definition) is 1. The predicted molar refractivity (Wildman–Crippen MR) is 85.9 cm³/mol. The summed E-state index contributed by atoms with van der Waals surface area (Å²) in [4.78, 5) is 13.0. The van der Waals surface area contributed by atoms with Gasteiger partial charge in [0.1, 0.15) is 0 Å². The molecular formula is C17H18ClNO2. The molecule has 0 aliphatic rings. The van der Waals surface area contributed by atoms with Crippen molar-refractivity contribution in [2.75, 3.05) is 11.4 Å². The standard InChI is InChI=1S/C17H18ClNO2/c1-13(15-9-5-6-10-16(15)18)19(12-11-17(20)21)14-7-3-2-4-8-14/h2-10,13H,11-12H2,1H3,(H,20,21). The Morgan fingerprint density at radius 2 is 1.76 bits per heavy atom. The van der Waals surface area contributed by atoms with Crippen LogP contribution in [0, 0.1) is 0 Å². The van der Waals surface area contributed by atoms with Crippen molar-refractivity contribution in [1.82, 2.24) is 0 Å². The number of aliphatic carboxylic acids is 1. The van der Waals surface area contributed by atoms with Crippen LogP contribution in [0.3, 0.4) is 0 Å². The molecule has 0 saturated heterocycles. The first-order valence-electron chi connectivity index (χ1n) is 6.87. The molecule has 0 aromatic heterocycles. The molecule has 0 radical (unpaired) electrons. The van der Waals surface area contributed by atoms with Gasteiger partial charge in [0.05, 0.1) is 12.5 Å². The summed E-state index contributed by atoms with van der Waals surface area (Å²) < 4.78 is 0. The van der Waals surface area contributed by atoms with Crippen LogP contribution in [0.5, 0.6) is 0 Å². The number of carboxylic acids is 1. The van der Waals surface area contributed by atoms with E-state index in [2.05, 4.69) is 4.90 Å². The minimum atomic E-state index is -0.803. The zero-order chi connectivity index (χ0) is 15.2. The summed E-state index contributed by atoms with van der Waals surface area (Å²) in [6, 6.07) is 17.5. The van der Waals surface area contributed by atoms with E-state index in [1.54, 1.807) is 0 Å². The van der Waals surface area contributed by atoms with Gasteiger partial charge in [0.25, 0.3) is 0 Å². The predicted octanol–water partition coefficient (Wildman–Crippen LogP) is 4.38. The molecule has 2 aromatic rings. The van der Waals surface area contributed by atoms with Crippen LogP contribution in [-0.2, 0) is 4.79 Å². The Bertz CT molecular complexity index is 601. The molecule has 0 fully saturated rings. The molecule has 4 heteroatoms. The van der Waals surface area contributed by atoms with Gasteiger partial charge in [0, 0.05) is 17.3 Å². The summed E-state index contributed by atoms with van der Waals surface area (Å²) in [5.74, 6) is -0.803. The van der Waals surface area contributed by atoms with Crippen LogP contribution < -0.4 is 4.90 Å². The largest absolute Gasteiger partial charge is 0.481 e. The van der Waals surface area contributed by atoms with Crippen LogP contribution in [0.4, 0.5) is 5.69 Å². The van der Waals surface area contributed by atoms with E-state index in [-0.39, 0.29) is 12.5 Å². The van der Waals surface area contributed by atoms with Gasteiger partial charge < -0.3 is 10.0 Å². The Kier molecular flexibility index (Phi) is 5.23. The molecule has 0 aliphatic heterocycles. The molecular weight excluding hydrogens is 286 g/mol. The van der Waals surface area contributed by atoms with Crippen LogP contribution >= 0.6 is 11.6 Å². The first kappa shape index (κ1) is 15.4. The number of halogens is 1. The van der Waals surface area contributed by atoms with E-state index in [9.17, 15) is 4.79 Å². The number of rotatable bonds is 6. The van der Waals surface area contributed by atoms with Crippen molar-refractivity contribution in [3.05, 3.63) is 65.2 Å². The van der Waals surface area contributed by atoms with Gasteiger partial charge in [-0.1, -0.05) is 48.0 Å². The smallest absolute Gasteiger partial charge is 0.305 e. The molecule has 21 heavy (non-hydrogen) atoms. The van der Waals surface area contributed by atoms with Gasteiger partial charge in [-0.05, 0) is 30.7 Å². The van der Waals surface area contributed by atoms with E-state index in [0.29, 0.717) is 11.6 Å². The van der Waals surface area contributed by atoms with Crippen molar-refractivity contribution in [3.63, 3.8) is 0 Å². The van der Waals surface area contributed by atoms with Crippen molar-refractivity contribution in [3.8, 4) is 0 Å². The van der Waals surface area contributed by atoms with Crippen molar-refractivity contribution in [1.29, 1.82) is 0 Å². The van der Waals surface area contributed by atoms with Crippen LogP contribution in [0.2, 0.25) is 5.02 Å². The van der Waals surface area contributed by atoms with Gasteiger partial charge in [-0.15, -0.1) is 0 Å². The fourth-order valence-corrected chi connectivity index (χ4v) is 2.66. The van der Waals surface area contributed by atoms with E-state index < -0.39 is 5.97 Å². The molecule has 2 aromatic carbocycles. The molecule has 110 valence electrons. The van der Waals surface area contributed by atoms with Gasteiger partial charge in [0.2, 0.25) is 0 Å². The maximum atomic E-state index is 10.9. The summed E-state index contributed by atoms with van der Waals surface area (Å²) >= 11 is 6.27. The first-order valence-corrected chi connectivity index (χ1v) is 7.25. The first-order chi connectivity index (χ1) is 10.1. The van der Waals surface area contributed by atoms with Crippen LogP contribution in [0.15, 0.2) is 54.6 Å². The number of hydrogen-bond acceptors (Lipinski definition) is 2. The van der Waals surface area contributed by atoms with Gasteiger partial charge in [0.15, 0.2) is 0 Å². The lowest BCUT2D eigenvalue weighted by Crippen LogP contribution is -2.29. The number of para-hydroxylation sites is 1. The molecule has 0 heterocycles. The Morgan fingerprint density at radius 1 is 1.14 bits per heavy atom. The fraction of sp³-hybridized carbons (Fsp3) is 0.235. The maximum absolute atomic E-state index is 10.9. The van der Waals surface area contributed by atoms with Crippen LogP contribution in [0.1, 0.15) is 24.9 Å². The van der Waals surface area contributed by atoms with E-state index >= 15 is 0 Å². The fourth-order valence-electron chi connectivity index (χ4n) is 2.36. The SMILES string of the molecule is CC(c1ccccc1Cl)N(CCC(=O)O)c1ccccc1. The quantitative estimate of drug-likeness (QED) is 0.861. The van der Waals surface area contributed by atoms with Crippen molar-refractivity contribution in [2.45, 2.75) is 19.4 Å². The van der Waals surface area contributed by atoms with E-state index in [1.807, 2.05) is 61.5 Å². The minimum absolute atomic E-state index is 0.000417. The second-order valence-corrected chi connectivity index (χ2v) is 5.28. The van der Waals surface area contributed by atoms with Gasteiger partial charge >= 0.3 is 5.97 Å². The summed E-state index contributed by atoms with van der Waals surface area (Å²) in [5.41, 5.74) is 1.99. The van der Waals surface area contributed by atoms with Crippen LogP contribution in [0.25, 0.3) is 0 Å². The number of benzene rings is 2. The van der Waals surface area contributed by atoms with Crippen molar-refractivity contribution in [2.24, 2.45) is 0 Å². The molecule has 2 rings (SSSR count). The second kappa shape index (κ2) is 7.14. The summed E-state index contributed by atoms with van der Waals surface area (Å²) in [5, 5.41) is 9.66.